The van der Waals surface area contributed by atoms with E-state index in [9.17, 15) is 30.8 Å². The Kier molecular flexibility index (Phi) is 6.51. The zero-order valence-corrected chi connectivity index (χ0v) is 14.4. The first-order valence-electron chi connectivity index (χ1n) is 7.44. The SMILES string of the molecule is O=C(C=Cc1ccc(F)cc1F)CS(=O)(=O)NC=Cc1ccc(F)cc1F. The van der Waals surface area contributed by atoms with E-state index < -0.39 is 44.8 Å². The summed E-state index contributed by atoms with van der Waals surface area (Å²) in [6, 6.07) is 5.46. The van der Waals surface area contributed by atoms with E-state index in [-0.39, 0.29) is 11.1 Å². The minimum Gasteiger partial charge on any atom is -0.294 e. The first-order valence-corrected chi connectivity index (χ1v) is 9.09. The predicted octanol–water partition coefficient (Wildman–Crippen LogP) is 3.42. The molecule has 0 heterocycles. The van der Waals surface area contributed by atoms with Crippen molar-refractivity contribution in [3.05, 3.63) is 83.1 Å². The fraction of sp³-hybridized carbons (Fsp3) is 0.0556. The van der Waals surface area contributed by atoms with Crippen LogP contribution in [0.25, 0.3) is 12.2 Å². The van der Waals surface area contributed by atoms with Crippen molar-refractivity contribution in [1.82, 2.24) is 4.72 Å². The van der Waals surface area contributed by atoms with Crippen molar-refractivity contribution in [2.45, 2.75) is 0 Å². The van der Waals surface area contributed by atoms with Crippen LogP contribution in [0.4, 0.5) is 17.6 Å². The summed E-state index contributed by atoms with van der Waals surface area (Å²) in [7, 11) is -4.08. The number of allylic oxidation sites excluding steroid dienone is 1. The molecule has 4 nitrogen and oxygen atoms in total. The number of carbonyl (C=O) groups excluding carboxylic acids is 1. The Morgan fingerprint density at radius 3 is 1.93 bits per heavy atom. The van der Waals surface area contributed by atoms with Crippen LogP contribution < -0.4 is 4.72 Å². The molecule has 0 saturated carbocycles. The van der Waals surface area contributed by atoms with Crippen molar-refractivity contribution in [2.75, 3.05) is 5.75 Å². The number of nitrogens with one attached hydrogen (secondary N) is 1. The van der Waals surface area contributed by atoms with Crippen LogP contribution in [0.5, 0.6) is 0 Å². The van der Waals surface area contributed by atoms with Crippen LogP contribution in [0.1, 0.15) is 11.1 Å². The quantitative estimate of drug-likeness (QED) is 0.573. The Morgan fingerprint density at radius 1 is 0.889 bits per heavy atom. The largest absolute Gasteiger partial charge is 0.294 e. The molecule has 0 aliphatic carbocycles. The van der Waals surface area contributed by atoms with Gasteiger partial charge >= 0.3 is 0 Å². The van der Waals surface area contributed by atoms with Gasteiger partial charge in [0.05, 0.1) is 0 Å². The van der Waals surface area contributed by atoms with E-state index in [2.05, 4.69) is 0 Å². The lowest BCUT2D eigenvalue weighted by Gasteiger charge is -2.02. The highest BCUT2D eigenvalue weighted by atomic mass is 32.2. The summed E-state index contributed by atoms with van der Waals surface area (Å²) in [4.78, 5) is 11.7. The lowest BCUT2D eigenvalue weighted by molar-refractivity contribution is -0.112. The third-order valence-corrected chi connectivity index (χ3v) is 4.38. The van der Waals surface area contributed by atoms with Crippen LogP contribution in [0.3, 0.4) is 0 Å². The molecule has 2 aromatic carbocycles. The zero-order chi connectivity index (χ0) is 20.0. The Morgan fingerprint density at radius 2 is 1.41 bits per heavy atom. The van der Waals surface area contributed by atoms with E-state index in [4.69, 9.17) is 0 Å². The van der Waals surface area contributed by atoms with E-state index in [1.54, 1.807) is 0 Å². The van der Waals surface area contributed by atoms with Gasteiger partial charge < -0.3 is 0 Å². The first kappa shape index (κ1) is 20.4. The number of hydrogen-bond donors (Lipinski definition) is 1. The monoisotopic (exact) mass is 399 g/mol. The van der Waals surface area contributed by atoms with Crippen LogP contribution in [0.2, 0.25) is 0 Å². The molecule has 0 atom stereocenters. The van der Waals surface area contributed by atoms with Gasteiger partial charge in [0.2, 0.25) is 10.0 Å². The van der Waals surface area contributed by atoms with Crippen molar-refractivity contribution >= 4 is 28.0 Å². The minimum atomic E-state index is -4.08. The molecular formula is C18H13F4NO3S. The summed E-state index contributed by atoms with van der Waals surface area (Å²) in [5, 5.41) is 0. The van der Waals surface area contributed by atoms with Gasteiger partial charge in [-0.2, -0.15) is 0 Å². The highest BCUT2D eigenvalue weighted by Crippen LogP contribution is 2.12. The average Bonchev–Trinajstić information content (AvgIpc) is 2.55. The summed E-state index contributed by atoms with van der Waals surface area (Å²) in [6.45, 7) is 0. The van der Waals surface area contributed by atoms with Crippen LogP contribution in [0, 0.1) is 23.3 Å². The zero-order valence-electron chi connectivity index (χ0n) is 13.6. The standard InChI is InChI=1S/C18H13F4NO3S/c19-14-4-1-12(17(21)9-14)3-6-16(24)11-27(25,26)23-8-7-13-2-5-15(20)10-18(13)22/h1-10,23H,11H2. The highest BCUT2D eigenvalue weighted by molar-refractivity contribution is 7.90. The molecule has 0 aliphatic heterocycles. The summed E-state index contributed by atoms with van der Waals surface area (Å²) >= 11 is 0. The number of benzene rings is 2. The average molecular weight is 399 g/mol. The molecule has 142 valence electrons. The molecule has 0 unspecified atom stereocenters. The second-order valence-corrected chi connectivity index (χ2v) is 7.10. The van der Waals surface area contributed by atoms with Crippen molar-refractivity contribution in [1.29, 1.82) is 0 Å². The molecule has 1 N–H and O–H groups in total. The number of hydrogen-bond acceptors (Lipinski definition) is 3. The maximum absolute atomic E-state index is 13.4. The van der Waals surface area contributed by atoms with Crippen LogP contribution in [-0.2, 0) is 14.8 Å². The number of ketones is 1. The Labute approximate surface area is 152 Å². The Hall–Kier alpha value is -2.94. The maximum Gasteiger partial charge on any atom is 0.239 e. The molecule has 0 aromatic heterocycles. The van der Waals surface area contributed by atoms with Gasteiger partial charge in [0.1, 0.15) is 29.0 Å². The minimum absolute atomic E-state index is 0.0582. The molecule has 0 radical (unpaired) electrons. The third-order valence-electron chi connectivity index (χ3n) is 3.22. The van der Waals surface area contributed by atoms with Crippen molar-refractivity contribution in [3.8, 4) is 0 Å². The van der Waals surface area contributed by atoms with Gasteiger partial charge in [-0.25, -0.2) is 26.0 Å². The molecule has 0 bridgehead atoms. The van der Waals surface area contributed by atoms with Gasteiger partial charge in [-0.05, 0) is 42.5 Å². The number of halogens is 4. The van der Waals surface area contributed by atoms with Crippen molar-refractivity contribution in [2.24, 2.45) is 0 Å². The van der Waals surface area contributed by atoms with Crippen LogP contribution >= 0.6 is 0 Å². The van der Waals surface area contributed by atoms with Crippen LogP contribution in [0.15, 0.2) is 48.7 Å². The molecule has 0 amide bonds. The Balaban J connectivity index is 1.97. The first-order chi connectivity index (χ1) is 12.7. The molecular weight excluding hydrogens is 386 g/mol. The van der Waals surface area contributed by atoms with Gasteiger partial charge in [0.25, 0.3) is 0 Å². The molecule has 9 heteroatoms. The third kappa shape index (κ3) is 6.37. The second kappa shape index (κ2) is 8.63. The Bertz CT molecular complexity index is 1020. The van der Waals surface area contributed by atoms with E-state index >= 15 is 0 Å². The summed E-state index contributed by atoms with van der Waals surface area (Å²) in [5.41, 5.74) is -0.140. The summed E-state index contributed by atoms with van der Waals surface area (Å²) in [6.07, 6.45) is 3.82. The lowest BCUT2D eigenvalue weighted by Crippen LogP contribution is -2.25. The highest BCUT2D eigenvalue weighted by Gasteiger charge is 2.13. The molecule has 0 aliphatic rings. The van der Waals surface area contributed by atoms with E-state index in [1.807, 2.05) is 4.72 Å². The number of rotatable bonds is 7. The molecule has 2 aromatic rings. The smallest absolute Gasteiger partial charge is 0.239 e. The lowest BCUT2D eigenvalue weighted by atomic mass is 10.2. The predicted molar refractivity (Wildman–Crippen MR) is 92.7 cm³/mol. The fourth-order valence-corrected chi connectivity index (χ4v) is 2.79. The molecule has 0 spiro atoms. The normalized spacial score (nSPS) is 12.0. The van der Waals surface area contributed by atoms with Gasteiger partial charge in [0, 0.05) is 29.5 Å². The summed E-state index contributed by atoms with van der Waals surface area (Å²) in [5.74, 6) is -5.14. The maximum atomic E-state index is 13.4. The topological polar surface area (TPSA) is 63.2 Å². The number of sulfonamides is 1. The second-order valence-electron chi connectivity index (χ2n) is 5.34. The van der Waals surface area contributed by atoms with Crippen molar-refractivity contribution < 1.29 is 30.8 Å². The number of carbonyl (C=O) groups is 1. The van der Waals surface area contributed by atoms with Crippen molar-refractivity contribution in [3.63, 3.8) is 0 Å². The molecule has 0 fully saturated rings. The van der Waals surface area contributed by atoms with E-state index in [0.717, 1.165) is 48.7 Å². The van der Waals surface area contributed by atoms with Gasteiger partial charge in [-0.15, -0.1) is 0 Å². The van der Waals surface area contributed by atoms with Gasteiger partial charge in [0.15, 0.2) is 5.78 Å². The molecule has 2 rings (SSSR count). The molecule has 27 heavy (non-hydrogen) atoms. The fourth-order valence-electron chi connectivity index (χ4n) is 1.96. The molecule has 0 saturated heterocycles. The van der Waals surface area contributed by atoms with Gasteiger partial charge in [-0.1, -0.05) is 0 Å². The van der Waals surface area contributed by atoms with Gasteiger partial charge in [-0.3, -0.25) is 9.52 Å². The van der Waals surface area contributed by atoms with E-state index in [0.29, 0.717) is 12.1 Å². The summed E-state index contributed by atoms with van der Waals surface area (Å²) < 4.78 is 78.0. The van der Waals surface area contributed by atoms with Crippen LogP contribution in [-0.4, -0.2) is 20.0 Å². The van der Waals surface area contributed by atoms with E-state index in [1.165, 1.54) is 0 Å².